The Kier molecular flexibility index (Phi) is 4.57. The van der Waals surface area contributed by atoms with Gasteiger partial charge in [-0.2, -0.15) is 0 Å². The SMILES string of the molecule is CC[C@H](C)NC(=O)c1ccc(C)cc1I. The van der Waals surface area contributed by atoms with E-state index in [9.17, 15) is 4.79 Å². The molecule has 0 saturated heterocycles. The maximum absolute atomic E-state index is 11.8. The topological polar surface area (TPSA) is 29.1 Å². The molecule has 0 aliphatic carbocycles. The lowest BCUT2D eigenvalue weighted by Gasteiger charge is -2.12. The molecule has 2 nitrogen and oxygen atoms in total. The summed E-state index contributed by atoms with van der Waals surface area (Å²) < 4.78 is 1.01. The van der Waals surface area contributed by atoms with Crippen molar-refractivity contribution in [3.8, 4) is 0 Å². The van der Waals surface area contributed by atoms with Gasteiger partial charge >= 0.3 is 0 Å². The van der Waals surface area contributed by atoms with E-state index >= 15 is 0 Å². The van der Waals surface area contributed by atoms with Crippen molar-refractivity contribution in [3.05, 3.63) is 32.9 Å². The van der Waals surface area contributed by atoms with Gasteiger partial charge in [0.2, 0.25) is 0 Å². The van der Waals surface area contributed by atoms with E-state index in [4.69, 9.17) is 0 Å². The summed E-state index contributed by atoms with van der Waals surface area (Å²) in [6.45, 7) is 6.10. The van der Waals surface area contributed by atoms with Gasteiger partial charge in [0.25, 0.3) is 5.91 Å². The number of rotatable bonds is 3. The molecule has 82 valence electrons. The van der Waals surface area contributed by atoms with E-state index in [1.54, 1.807) is 0 Å². The quantitative estimate of drug-likeness (QED) is 0.853. The number of amides is 1. The molecule has 0 aromatic heterocycles. The second-order valence-corrected chi connectivity index (χ2v) is 4.93. The lowest BCUT2D eigenvalue weighted by atomic mass is 10.1. The van der Waals surface area contributed by atoms with Gasteiger partial charge in [-0.3, -0.25) is 4.79 Å². The van der Waals surface area contributed by atoms with Gasteiger partial charge in [-0.25, -0.2) is 0 Å². The van der Waals surface area contributed by atoms with Crippen LogP contribution in [-0.4, -0.2) is 11.9 Å². The number of nitrogens with one attached hydrogen (secondary N) is 1. The fourth-order valence-electron chi connectivity index (χ4n) is 1.21. The molecule has 1 rings (SSSR count). The summed E-state index contributed by atoms with van der Waals surface area (Å²) in [5.74, 6) is 0.0220. The highest BCUT2D eigenvalue weighted by Gasteiger charge is 2.11. The van der Waals surface area contributed by atoms with Crippen LogP contribution in [-0.2, 0) is 0 Å². The molecule has 0 heterocycles. The first-order valence-electron chi connectivity index (χ1n) is 5.11. The number of benzene rings is 1. The predicted octanol–water partition coefficient (Wildman–Crippen LogP) is 3.13. The normalized spacial score (nSPS) is 12.3. The maximum atomic E-state index is 11.8. The van der Waals surface area contributed by atoms with Crippen molar-refractivity contribution in [2.24, 2.45) is 0 Å². The second kappa shape index (κ2) is 5.49. The average molecular weight is 317 g/mol. The van der Waals surface area contributed by atoms with Crippen molar-refractivity contribution in [2.75, 3.05) is 0 Å². The Hall–Kier alpha value is -0.580. The molecule has 0 radical (unpaired) electrons. The molecule has 3 heteroatoms. The monoisotopic (exact) mass is 317 g/mol. The highest BCUT2D eigenvalue weighted by molar-refractivity contribution is 14.1. The molecular formula is C12H16INO. The average Bonchev–Trinajstić information content (AvgIpc) is 2.17. The Labute approximate surface area is 105 Å². The maximum Gasteiger partial charge on any atom is 0.252 e. The highest BCUT2D eigenvalue weighted by Crippen LogP contribution is 2.14. The molecule has 1 aromatic carbocycles. The van der Waals surface area contributed by atoms with Crippen molar-refractivity contribution >= 4 is 28.5 Å². The number of hydrogen-bond acceptors (Lipinski definition) is 1. The number of carbonyl (C=O) groups excluding carboxylic acids is 1. The minimum Gasteiger partial charge on any atom is -0.350 e. The van der Waals surface area contributed by atoms with Crippen molar-refractivity contribution in [2.45, 2.75) is 33.2 Å². The van der Waals surface area contributed by atoms with Crippen molar-refractivity contribution in [1.29, 1.82) is 0 Å². The summed E-state index contributed by atoms with van der Waals surface area (Å²) in [7, 11) is 0. The summed E-state index contributed by atoms with van der Waals surface area (Å²) in [5.41, 5.74) is 1.95. The predicted molar refractivity (Wildman–Crippen MR) is 71.1 cm³/mol. The molecule has 0 bridgehead atoms. The summed E-state index contributed by atoms with van der Waals surface area (Å²) in [6.07, 6.45) is 0.953. The molecule has 0 aliphatic heterocycles. The molecule has 0 unspecified atom stereocenters. The molecule has 15 heavy (non-hydrogen) atoms. The van der Waals surface area contributed by atoms with Crippen molar-refractivity contribution < 1.29 is 4.79 Å². The van der Waals surface area contributed by atoms with Gasteiger partial charge in [0.05, 0.1) is 5.56 Å². The fourth-order valence-corrected chi connectivity index (χ4v) is 2.12. The Balaban J connectivity index is 2.82. The molecule has 0 aliphatic rings. The standard InChI is InChI=1S/C12H16INO/c1-4-9(3)14-12(15)10-6-5-8(2)7-11(10)13/h5-7,9H,4H2,1-3H3,(H,14,15)/t9-/m0/s1. The van der Waals surface area contributed by atoms with E-state index in [-0.39, 0.29) is 11.9 Å². The number of halogens is 1. The molecule has 1 N–H and O–H groups in total. The third-order valence-corrected chi connectivity index (χ3v) is 3.25. The van der Waals surface area contributed by atoms with Gasteiger partial charge in [0.15, 0.2) is 0 Å². The van der Waals surface area contributed by atoms with Crippen LogP contribution >= 0.6 is 22.6 Å². The van der Waals surface area contributed by atoms with Crippen LogP contribution in [0, 0.1) is 10.5 Å². The molecular weight excluding hydrogens is 301 g/mol. The summed E-state index contributed by atoms with van der Waals surface area (Å²) in [5, 5.41) is 2.96. The fraction of sp³-hybridized carbons (Fsp3) is 0.417. The summed E-state index contributed by atoms with van der Waals surface area (Å²) >= 11 is 2.20. The van der Waals surface area contributed by atoms with Crippen LogP contribution in [0.15, 0.2) is 18.2 Å². The van der Waals surface area contributed by atoms with Gasteiger partial charge in [0.1, 0.15) is 0 Å². The molecule has 1 amide bonds. The molecule has 1 aromatic rings. The highest BCUT2D eigenvalue weighted by atomic mass is 127. The van der Waals surface area contributed by atoms with Crippen LogP contribution in [0.3, 0.4) is 0 Å². The van der Waals surface area contributed by atoms with Gasteiger partial charge in [-0.05, 0) is 55.0 Å². The minimum atomic E-state index is 0.0220. The zero-order valence-corrected chi connectivity index (χ0v) is 11.5. The first-order valence-corrected chi connectivity index (χ1v) is 6.19. The first kappa shape index (κ1) is 12.5. The largest absolute Gasteiger partial charge is 0.350 e. The van der Waals surface area contributed by atoms with E-state index in [0.29, 0.717) is 0 Å². The Morgan fingerprint density at radius 3 is 2.73 bits per heavy atom. The Morgan fingerprint density at radius 1 is 1.53 bits per heavy atom. The van der Waals surface area contributed by atoms with Crippen LogP contribution < -0.4 is 5.32 Å². The zero-order valence-electron chi connectivity index (χ0n) is 9.30. The third-order valence-electron chi connectivity index (χ3n) is 2.36. The number of hydrogen-bond donors (Lipinski definition) is 1. The Bertz CT molecular complexity index is 363. The first-order chi connectivity index (χ1) is 7.04. The molecule has 0 fully saturated rings. The van der Waals surface area contributed by atoms with E-state index < -0.39 is 0 Å². The van der Waals surface area contributed by atoms with Crippen molar-refractivity contribution in [1.82, 2.24) is 5.32 Å². The van der Waals surface area contributed by atoms with Crippen LogP contribution in [0.5, 0.6) is 0 Å². The van der Waals surface area contributed by atoms with Crippen LogP contribution in [0.2, 0.25) is 0 Å². The third kappa shape index (κ3) is 3.48. The molecule has 0 spiro atoms. The minimum absolute atomic E-state index is 0.0220. The number of carbonyl (C=O) groups is 1. The smallest absolute Gasteiger partial charge is 0.252 e. The van der Waals surface area contributed by atoms with Crippen LogP contribution in [0.4, 0.5) is 0 Å². The van der Waals surface area contributed by atoms with E-state index in [1.165, 1.54) is 5.56 Å². The second-order valence-electron chi connectivity index (χ2n) is 3.77. The van der Waals surface area contributed by atoms with E-state index in [2.05, 4.69) is 34.8 Å². The van der Waals surface area contributed by atoms with Crippen LogP contribution in [0.1, 0.15) is 36.2 Å². The lowest BCUT2D eigenvalue weighted by Crippen LogP contribution is -2.32. The van der Waals surface area contributed by atoms with Crippen molar-refractivity contribution in [3.63, 3.8) is 0 Å². The van der Waals surface area contributed by atoms with Gasteiger partial charge in [-0.1, -0.05) is 18.6 Å². The van der Waals surface area contributed by atoms with Crippen LogP contribution in [0.25, 0.3) is 0 Å². The van der Waals surface area contributed by atoms with E-state index in [1.807, 2.05) is 32.0 Å². The molecule has 0 saturated carbocycles. The van der Waals surface area contributed by atoms with Gasteiger partial charge < -0.3 is 5.32 Å². The lowest BCUT2D eigenvalue weighted by molar-refractivity contribution is 0.0938. The number of aryl methyl sites for hydroxylation is 1. The summed E-state index contributed by atoms with van der Waals surface area (Å²) in [4.78, 5) is 11.8. The van der Waals surface area contributed by atoms with Gasteiger partial charge in [0, 0.05) is 9.61 Å². The van der Waals surface area contributed by atoms with Gasteiger partial charge in [-0.15, -0.1) is 0 Å². The molecule has 1 atom stereocenters. The zero-order chi connectivity index (χ0) is 11.4. The van der Waals surface area contributed by atoms with E-state index in [0.717, 1.165) is 15.6 Å². The summed E-state index contributed by atoms with van der Waals surface area (Å²) in [6, 6.07) is 6.10. The Morgan fingerprint density at radius 2 is 2.20 bits per heavy atom.